The van der Waals surface area contributed by atoms with Crippen molar-refractivity contribution in [3.63, 3.8) is 0 Å². The third kappa shape index (κ3) is 4.19. The lowest BCUT2D eigenvalue weighted by Crippen LogP contribution is -2.47. The minimum absolute atomic E-state index is 0.137. The summed E-state index contributed by atoms with van der Waals surface area (Å²) in [4.78, 5) is 14.4. The van der Waals surface area contributed by atoms with E-state index < -0.39 is 0 Å². The summed E-state index contributed by atoms with van der Waals surface area (Å²) in [7, 11) is 0. The van der Waals surface area contributed by atoms with E-state index in [1.54, 1.807) is 6.07 Å². The second kappa shape index (κ2) is 7.43. The topological polar surface area (TPSA) is 32.3 Å². The maximum atomic E-state index is 13.2. The van der Waals surface area contributed by atoms with Gasteiger partial charge in [-0.3, -0.25) is 4.79 Å². The maximum absolute atomic E-state index is 13.2. The number of nitrogens with zero attached hydrogens (tertiary/aromatic N) is 1. The molecular formula is C17H25FN2O. The van der Waals surface area contributed by atoms with E-state index in [4.69, 9.17) is 0 Å². The van der Waals surface area contributed by atoms with Gasteiger partial charge in [-0.15, -0.1) is 0 Å². The highest BCUT2D eigenvalue weighted by Crippen LogP contribution is 2.20. The summed E-state index contributed by atoms with van der Waals surface area (Å²) in [5.74, 6) is 0.171. The van der Waals surface area contributed by atoms with Crippen molar-refractivity contribution in [2.45, 2.75) is 45.6 Å². The number of nitrogens with one attached hydrogen (secondary N) is 1. The number of rotatable bonds is 5. The number of halogens is 1. The van der Waals surface area contributed by atoms with Gasteiger partial charge in [0.25, 0.3) is 0 Å². The molecule has 116 valence electrons. The van der Waals surface area contributed by atoms with E-state index >= 15 is 0 Å². The normalized spacial score (nSPS) is 18.9. The van der Waals surface area contributed by atoms with Gasteiger partial charge >= 0.3 is 0 Å². The van der Waals surface area contributed by atoms with E-state index in [1.807, 2.05) is 11.0 Å². The summed E-state index contributed by atoms with van der Waals surface area (Å²) in [6.07, 6.45) is 3.81. The van der Waals surface area contributed by atoms with Crippen molar-refractivity contribution in [2.24, 2.45) is 5.92 Å². The van der Waals surface area contributed by atoms with Gasteiger partial charge in [0.05, 0.1) is 0 Å². The first-order valence-corrected chi connectivity index (χ1v) is 7.95. The molecule has 0 aromatic heterocycles. The van der Waals surface area contributed by atoms with Crippen molar-refractivity contribution < 1.29 is 9.18 Å². The van der Waals surface area contributed by atoms with Crippen molar-refractivity contribution in [2.75, 3.05) is 18.4 Å². The molecule has 21 heavy (non-hydrogen) atoms. The van der Waals surface area contributed by atoms with Crippen LogP contribution in [-0.4, -0.2) is 29.9 Å². The first-order valence-electron chi connectivity index (χ1n) is 7.95. The molecule has 0 saturated carbocycles. The van der Waals surface area contributed by atoms with Crippen LogP contribution in [0.3, 0.4) is 0 Å². The summed E-state index contributed by atoms with van der Waals surface area (Å²) < 4.78 is 13.2. The second-order valence-corrected chi connectivity index (χ2v) is 5.79. The molecule has 1 saturated heterocycles. The minimum atomic E-state index is -0.235. The van der Waals surface area contributed by atoms with Gasteiger partial charge in [0.2, 0.25) is 5.91 Å². The van der Waals surface area contributed by atoms with Gasteiger partial charge < -0.3 is 10.2 Å². The van der Waals surface area contributed by atoms with Gasteiger partial charge in [0.1, 0.15) is 5.82 Å². The molecule has 1 aromatic carbocycles. The van der Waals surface area contributed by atoms with Crippen molar-refractivity contribution in [3.05, 3.63) is 30.1 Å². The molecule has 1 atom stereocenters. The van der Waals surface area contributed by atoms with Crippen LogP contribution in [0.4, 0.5) is 10.1 Å². The van der Waals surface area contributed by atoms with Crippen LogP contribution in [-0.2, 0) is 4.79 Å². The van der Waals surface area contributed by atoms with Crippen LogP contribution in [0.5, 0.6) is 0 Å². The Labute approximate surface area is 126 Å². The summed E-state index contributed by atoms with van der Waals surface area (Å²) in [5.41, 5.74) is 0.789. The highest BCUT2D eigenvalue weighted by Gasteiger charge is 2.27. The summed E-state index contributed by atoms with van der Waals surface area (Å²) >= 11 is 0. The molecule has 1 aliphatic rings. The van der Waals surface area contributed by atoms with E-state index in [9.17, 15) is 9.18 Å². The molecule has 1 N–H and O–H groups in total. The summed E-state index contributed by atoms with van der Waals surface area (Å²) in [6.45, 7) is 5.69. The van der Waals surface area contributed by atoms with Gasteiger partial charge in [-0.05, 0) is 43.9 Å². The fourth-order valence-corrected chi connectivity index (χ4v) is 3.01. The molecule has 0 bridgehead atoms. The SMILES string of the molecule is CCC(CC)C(=O)N1CCCC(Nc2cccc(F)c2)C1. The standard InChI is InChI=1S/C17H25FN2O/c1-3-13(4-2)17(21)20-10-6-9-16(12-20)19-15-8-5-7-14(18)11-15/h5,7-8,11,13,16,19H,3-4,6,9-10,12H2,1-2H3. The fourth-order valence-electron chi connectivity index (χ4n) is 3.01. The van der Waals surface area contributed by atoms with Crippen LogP contribution in [0, 0.1) is 11.7 Å². The number of carbonyl (C=O) groups is 1. The smallest absolute Gasteiger partial charge is 0.225 e. The van der Waals surface area contributed by atoms with Crippen molar-refractivity contribution in [3.8, 4) is 0 Å². The van der Waals surface area contributed by atoms with Crippen LogP contribution >= 0.6 is 0 Å². The zero-order valence-electron chi connectivity index (χ0n) is 12.9. The van der Waals surface area contributed by atoms with Crippen LogP contribution in [0.25, 0.3) is 0 Å². The van der Waals surface area contributed by atoms with Crippen LogP contribution in [0.2, 0.25) is 0 Å². The Hall–Kier alpha value is -1.58. The molecule has 2 rings (SSSR count). The Kier molecular flexibility index (Phi) is 5.59. The molecule has 0 aliphatic carbocycles. The molecule has 1 aromatic rings. The van der Waals surface area contributed by atoms with Crippen molar-refractivity contribution >= 4 is 11.6 Å². The molecule has 1 amide bonds. The monoisotopic (exact) mass is 292 g/mol. The second-order valence-electron chi connectivity index (χ2n) is 5.79. The first kappa shape index (κ1) is 15.8. The third-order valence-electron chi connectivity index (χ3n) is 4.26. The Balaban J connectivity index is 1.96. The average molecular weight is 292 g/mol. The predicted octanol–water partition coefficient (Wildman–Crippen LogP) is 3.66. The molecule has 1 aliphatic heterocycles. The fraction of sp³-hybridized carbons (Fsp3) is 0.588. The summed E-state index contributed by atoms with van der Waals surface area (Å²) in [5, 5.41) is 3.35. The van der Waals surface area contributed by atoms with Crippen LogP contribution < -0.4 is 5.32 Å². The van der Waals surface area contributed by atoms with E-state index in [0.717, 1.165) is 37.9 Å². The lowest BCUT2D eigenvalue weighted by Gasteiger charge is -2.35. The quantitative estimate of drug-likeness (QED) is 0.898. The third-order valence-corrected chi connectivity index (χ3v) is 4.26. The molecule has 0 spiro atoms. The molecular weight excluding hydrogens is 267 g/mol. The molecule has 4 heteroatoms. The van der Waals surface area contributed by atoms with E-state index in [0.29, 0.717) is 6.54 Å². The Morgan fingerprint density at radius 2 is 2.19 bits per heavy atom. The van der Waals surface area contributed by atoms with Gasteiger partial charge in [0, 0.05) is 30.7 Å². The molecule has 3 nitrogen and oxygen atoms in total. The Morgan fingerprint density at radius 1 is 1.43 bits per heavy atom. The van der Waals surface area contributed by atoms with E-state index in [2.05, 4.69) is 19.2 Å². The number of carbonyl (C=O) groups excluding carboxylic acids is 1. The van der Waals surface area contributed by atoms with E-state index in [-0.39, 0.29) is 23.7 Å². The lowest BCUT2D eigenvalue weighted by atomic mass is 9.98. The number of likely N-dealkylation sites (tertiary alicyclic amines) is 1. The van der Waals surface area contributed by atoms with Gasteiger partial charge in [0.15, 0.2) is 0 Å². The highest BCUT2D eigenvalue weighted by molar-refractivity contribution is 5.79. The zero-order chi connectivity index (χ0) is 15.2. The average Bonchev–Trinajstić information content (AvgIpc) is 2.48. The van der Waals surface area contributed by atoms with Crippen LogP contribution in [0.1, 0.15) is 39.5 Å². The maximum Gasteiger partial charge on any atom is 0.225 e. The zero-order valence-corrected chi connectivity index (χ0v) is 12.9. The number of hydrogen-bond acceptors (Lipinski definition) is 2. The number of hydrogen-bond donors (Lipinski definition) is 1. The number of amides is 1. The van der Waals surface area contributed by atoms with Crippen LogP contribution in [0.15, 0.2) is 24.3 Å². The molecule has 1 unspecified atom stereocenters. The number of piperidine rings is 1. The van der Waals surface area contributed by atoms with Gasteiger partial charge in [-0.1, -0.05) is 19.9 Å². The van der Waals surface area contributed by atoms with Gasteiger partial charge in [-0.25, -0.2) is 4.39 Å². The predicted molar refractivity (Wildman–Crippen MR) is 83.7 cm³/mol. The minimum Gasteiger partial charge on any atom is -0.380 e. The highest BCUT2D eigenvalue weighted by atomic mass is 19.1. The van der Waals surface area contributed by atoms with Crippen molar-refractivity contribution in [1.82, 2.24) is 4.90 Å². The lowest BCUT2D eigenvalue weighted by molar-refractivity contribution is -0.136. The molecule has 1 fully saturated rings. The number of benzene rings is 1. The Morgan fingerprint density at radius 3 is 2.86 bits per heavy atom. The summed E-state index contributed by atoms with van der Waals surface area (Å²) in [6, 6.07) is 6.72. The molecule has 1 heterocycles. The van der Waals surface area contributed by atoms with Crippen molar-refractivity contribution in [1.29, 1.82) is 0 Å². The largest absolute Gasteiger partial charge is 0.380 e. The van der Waals surface area contributed by atoms with E-state index in [1.165, 1.54) is 12.1 Å². The number of anilines is 1. The van der Waals surface area contributed by atoms with Gasteiger partial charge in [-0.2, -0.15) is 0 Å². The molecule has 0 radical (unpaired) electrons. The first-order chi connectivity index (χ1) is 10.1. The Bertz CT molecular complexity index is 474.